The first-order valence-electron chi connectivity index (χ1n) is 7.18. The summed E-state index contributed by atoms with van der Waals surface area (Å²) in [5, 5.41) is 12.6. The SMILES string of the molecule is NN=C(N)c1cnc2nnn(Cc3ccc4ncccc4c3)c2n1. The van der Waals surface area contributed by atoms with Crippen LogP contribution in [0.4, 0.5) is 0 Å². The summed E-state index contributed by atoms with van der Waals surface area (Å²) in [5.41, 5.74) is 9.02. The molecule has 0 atom stereocenters. The van der Waals surface area contributed by atoms with E-state index in [0.29, 0.717) is 23.5 Å². The summed E-state index contributed by atoms with van der Waals surface area (Å²) in [7, 11) is 0. The Morgan fingerprint density at radius 2 is 2.12 bits per heavy atom. The van der Waals surface area contributed by atoms with Crippen LogP contribution in [0.15, 0.2) is 47.8 Å². The maximum atomic E-state index is 5.68. The molecule has 9 heteroatoms. The van der Waals surface area contributed by atoms with E-state index in [1.807, 2.05) is 24.3 Å². The van der Waals surface area contributed by atoms with E-state index in [2.05, 4.69) is 36.4 Å². The normalized spacial score (nSPS) is 12.1. The van der Waals surface area contributed by atoms with E-state index in [-0.39, 0.29) is 5.84 Å². The van der Waals surface area contributed by atoms with Gasteiger partial charge < -0.3 is 11.6 Å². The average molecular weight is 319 g/mol. The molecule has 0 spiro atoms. The number of hydrazone groups is 1. The second kappa shape index (κ2) is 5.54. The van der Waals surface area contributed by atoms with Crippen molar-refractivity contribution in [2.45, 2.75) is 6.54 Å². The molecule has 0 saturated heterocycles. The Kier molecular flexibility index (Phi) is 3.23. The summed E-state index contributed by atoms with van der Waals surface area (Å²) >= 11 is 0. The molecule has 0 saturated carbocycles. The largest absolute Gasteiger partial charge is 0.380 e. The van der Waals surface area contributed by atoms with Crippen LogP contribution >= 0.6 is 0 Å². The number of hydrogen-bond donors (Lipinski definition) is 2. The third-order valence-corrected chi connectivity index (χ3v) is 3.63. The molecule has 0 aliphatic heterocycles. The summed E-state index contributed by atoms with van der Waals surface area (Å²) in [6.07, 6.45) is 3.24. The van der Waals surface area contributed by atoms with E-state index in [1.165, 1.54) is 6.20 Å². The van der Waals surface area contributed by atoms with Gasteiger partial charge in [-0.1, -0.05) is 17.3 Å². The molecular formula is C15H13N9. The standard InChI is InChI=1S/C15H13N9/c16-13(21-17)12-7-19-14-15(20-12)24(23-22-14)8-9-3-4-11-10(6-9)2-1-5-18-11/h1-7H,8,17H2,(H2,16,21). The molecule has 0 unspecified atom stereocenters. The van der Waals surface area contributed by atoms with Crippen LogP contribution in [0.2, 0.25) is 0 Å². The van der Waals surface area contributed by atoms with E-state index in [9.17, 15) is 0 Å². The summed E-state index contributed by atoms with van der Waals surface area (Å²) in [5.74, 6) is 5.29. The molecule has 3 aromatic heterocycles. The number of pyridine rings is 1. The highest BCUT2D eigenvalue weighted by atomic mass is 15.5. The van der Waals surface area contributed by atoms with Crippen LogP contribution in [0.5, 0.6) is 0 Å². The number of benzene rings is 1. The van der Waals surface area contributed by atoms with Crippen molar-refractivity contribution in [2.75, 3.05) is 0 Å². The Hall–Kier alpha value is -3.62. The minimum atomic E-state index is 0.105. The monoisotopic (exact) mass is 319 g/mol. The van der Waals surface area contributed by atoms with Gasteiger partial charge in [-0.2, -0.15) is 5.10 Å². The van der Waals surface area contributed by atoms with Gasteiger partial charge in [-0.05, 0) is 23.8 Å². The fraction of sp³-hybridized carbons (Fsp3) is 0.0667. The van der Waals surface area contributed by atoms with Crippen molar-refractivity contribution in [1.29, 1.82) is 0 Å². The number of nitrogens with two attached hydrogens (primary N) is 2. The van der Waals surface area contributed by atoms with Crippen LogP contribution in [0.3, 0.4) is 0 Å². The first-order valence-corrected chi connectivity index (χ1v) is 7.18. The van der Waals surface area contributed by atoms with E-state index in [0.717, 1.165) is 16.5 Å². The van der Waals surface area contributed by atoms with Gasteiger partial charge in [0.2, 0.25) is 5.65 Å². The van der Waals surface area contributed by atoms with E-state index in [1.54, 1.807) is 10.9 Å². The second-order valence-corrected chi connectivity index (χ2v) is 5.19. The number of aromatic nitrogens is 6. The van der Waals surface area contributed by atoms with E-state index in [4.69, 9.17) is 11.6 Å². The molecule has 4 aromatic rings. The smallest absolute Gasteiger partial charge is 0.221 e. The topological polar surface area (TPSA) is 134 Å². The fourth-order valence-corrected chi connectivity index (χ4v) is 2.45. The van der Waals surface area contributed by atoms with Gasteiger partial charge in [0.15, 0.2) is 11.5 Å². The van der Waals surface area contributed by atoms with E-state index >= 15 is 0 Å². The second-order valence-electron chi connectivity index (χ2n) is 5.19. The number of hydrogen-bond acceptors (Lipinski definition) is 7. The number of fused-ring (bicyclic) bond motifs is 2. The number of amidine groups is 1. The van der Waals surface area contributed by atoms with Crippen LogP contribution in [-0.2, 0) is 6.54 Å². The number of nitrogens with zero attached hydrogens (tertiary/aromatic N) is 7. The molecule has 0 radical (unpaired) electrons. The predicted molar refractivity (Wildman–Crippen MR) is 88.9 cm³/mol. The Labute approximate surface area is 136 Å². The summed E-state index contributed by atoms with van der Waals surface area (Å²) in [6.45, 7) is 0.499. The van der Waals surface area contributed by atoms with Gasteiger partial charge in [-0.3, -0.25) is 4.98 Å². The Morgan fingerprint density at radius 3 is 3.00 bits per heavy atom. The van der Waals surface area contributed by atoms with E-state index < -0.39 is 0 Å². The summed E-state index contributed by atoms with van der Waals surface area (Å²) < 4.78 is 1.66. The molecule has 4 N–H and O–H groups in total. The van der Waals surface area contributed by atoms with Crippen molar-refractivity contribution in [2.24, 2.45) is 16.7 Å². The summed E-state index contributed by atoms with van der Waals surface area (Å²) in [4.78, 5) is 12.9. The zero-order valence-electron chi connectivity index (χ0n) is 12.5. The first kappa shape index (κ1) is 14.0. The van der Waals surface area contributed by atoms with Crippen molar-refractivity contribution in [3.63, 3.8) is 0 Å². The molecule has 9 nitrogen and oxygen atoms in total. The minimum absolute atomic E-state index is 0.105. The highest BCUT2D eigenvalue weighted by Gasteiger charge is 2.11. The molecule has 0 aliphatic carbocycles. The molecule has 0 aliphatic rings. The Balaban J connectivity index is 1.75. The van der Waals surface area contributed by atoms with Crippen LogP contribution in [0.25, 0.3) is 22.2 Å². The van der Waals surface area contributed by atoms with Gasteiger partial charge >= 0.3 is 0 Å². The van der Waals surface area contributed by atoms with Gasteiger partial charge in [0, 0.05) is 11.6 Å². The Bertz CT molecular complexity index is 1070. The maximum absolute atomic E-state index is 5.68. The fourth-order valence-electron chi connectivity index (χ4n) is 2.45. The van der Waals surface area contributed by atoms with Gasteiger partial charge in [0.25, 0.3) is 0 Å². The van der Waals surface area contributed by atoms with Gasteiger partial charge in [-0.15, -0.1) is 5.10 Å². The average Bonchev–Trinajstić information content (AvgIpc) is 3.03. The first-order chi connectivity index (χ1) is 11.7. The molecule has 24 heavy (non-hydrogen) atoms. The molecule has 4 rings (SSSR count). The molecule has 3 heterocycles. The van der Waals surface area contributed by atoms with Crippen molar-refractivity contribution in [3.8, 4) is 0 Å². The molecular weight excluding hydrogens is 306 g/mol. The lowest BCUT2D eigenvalue weighted by Crippen LogP contribution is -2.18. The van der Waals surface area contributed by atoms with Crippen LogP contribution in [-0.4, -0.2) is 35.8 Å². The predicted octanol–water partition coefficient (Wildman–Crippen LogP) is 0.397. The highest BCUT2D eigenvalue weighted by Crippen LogP contribution is 2.15. The molecule has 0 amide bonds. The minimum Gasteiger partial charge on any atom is -0.380 e. The van der Waals surface area contributed by atoms with Crippen LogP contribution < -0.4 is 11.6 Å². The highest BCUT2D eigenvalue weighted by molar-refractivity contribution is 5.96. The van der Waals surface area contributed by atoms with Crippen molar-refractivity contribution < 1.29 is 0 Å². The molecule has 1 aromatic carbocycles. The quantitative estimate of drug-likeness (QED) is 0.241. The lowest BCUT2D eigenvalue weighted by atomic mass is 10.1. The molecule has 0 bridgehead atoms. The third kappa shape index (κ3) is 2.37. The van der Waals surface area contributed by atoms with Crippen molar-refractivity contribution in [1.82, 2.24) is 29.9 Å². The van der Waals surface area contributed by atoms with Gasteiger partial charge in [0.05, 0.1) is 18.3 Å². The maximum Gasteiger partial charge on any atom is 0.221 e. The zero-order chi connectivity index (χ0) is 16.5. The Morgan fingerprint density at radius 1 is 1.21 bits per heavy atom. The summed E-state index contributed by atoms with van der Waals surface area (Å²) in [6, 6.07) is 9.95. The van der Waals surface area contributed by atoms with Crippen molar-refractivity contribution >= 4 is 28.0 Å². The van der Waals surface area contributed by atoms with Crippen LogP contribution in [0.1, 0.15) is 11.3 Å². The van der Waals surface area contributed by atoms with Crippen molar-refractivity contribution in [3.05, 3.63) is 54.0 Å². The van der Waals surface area contributed by atoms with Gasteiger partial charge in [0.1, 0.15) is 5.69 Å². The molecule has 118 valence electrons. The molecule has 0 fully saturated rings. The lowest BCUT2D eigenvalue weighted by Gasteiger charge is -2.04. The zero-order valence-corrected chi connectivity index (χ0v) is 12.5. The number of rotatable bonds is 3. The lowest BCUT2D eigenvalue weighted by molar-refractivity contribution is 0.664. The van der Waals surface area contributed by atoms with Crippen LogP contribution in [0, 0.1) is 0 Å². The third-order valence-electron chi connectivity index (χ3n) is 3.63. The van der Waals surface area contributed by atoms with Gasteiger partial charge in [-0.25, -0.2) is 14.6 Å².